The molecule has 2 rings (SSSR count). The first kappa shape index (κ1) is 13.4. The second kappa shape index (κ2) is 6.25. The van der Waals surface area contributed by atoms with Gasteiger partial charge in [-0.05, 0) is 43.3 Å². The summed E-state index contributed by atoms with van der Waals surface area (Å²) in [5, 5.41) is 16.6. The molecule has 98 valence electrons. The molecule has 6 heteroatoms. The molecule has 0 saturated heterocycles. The van der Waals surface area contributed by atoms with Gasteiger partial charge < -0.3 is 9.15 Å². The molecule has 1 aromatic carbocycles. The van der Waals surface area contributed by atoms with Crippen LogP contribution in [0.1, 0.15) is 18.4 Å². The van der Waals surface area contributed by atoms with Gasteiger partial charge in [-0.3, -0.25) is 0 Å². The summed E-state index contributed by atoms with van der Waals surface area (Å²) < 4.78 is 10.9. The molecule has 0 amide bonds. The second-order valence-electron chi connectivity index (χ2n) is 3.96. The lowest BCUT2D eigenvalue weighted by atomic mass is 10.2. The van der Waals surface area contributed by atoms with Crippen molar-refractivity contribution >= 4 is 11.8 Å². The smallest absolute Gasteiger partial charge is 0.277 e. The molecule has 0 saturated carbocycles. The lowest BCUT2D eigenvalue weighted by Crippen LogP contribution is -1.95. The van der Waals surface area contributed by atoms with Crippen molar-refractivity contribution in [2.75, 3.05) is 0 Å². The van der Waals surface area contributed by atoms with Crippen LogP contribution in [0.15, 0.2) is 33.9 Å². The normalized spacial score (nSPS) is 11.8. The Morgan fingerprint density at radius 2 is 2.32 bits per heavy atom. The summed E-state index contributed by atoms with van der Waals surface area (Å²) >= 11 is 1.23. The monoisotopic (exact) mass is 275 g/mol. The van der Waals surface area contributed by atoms with Gasteiger partial charge in [-0.2, -0.15) is 5.26 Å². The van der Waals surface area contributed by atoms with Crippen LogP contribution in [0.5, 0.6) is 5.75 Å². The fourth-order valence-corrected chi connectivity index (χ4v) is 1.96. The highest BCUT2D eigenvalue weighted by molar-refractivity contribution is 7.99. The van der Waals surface area contributed by atoms with Gasteiger partial charge in [0.2, 0.25) is 0 Å². The standard InChI is InChI=1S/C13H13N3O2S/c1-9-4-3-5-11(6-9)17-8-12-15-16-13(18-12)19-10(2)7-14/h3-6,10H,8H2,1-2H3/t10-/m1/s1. The summed E-state index contributed by atoms with van der Waals surface area (Å²) in [5.74, 6) is 1.16. The van der Waals surface area contributed by atoms with E-state index in [-0.39, 0.29) is 11.9 Å². The molecule has 2 aromatic rings. The van der Waals surface area contributed by atoms with E-state index in [0.29, 0.717) is 11.1 Å². The first-order valence-corrected chi connectivity index (χ1v) is 6.63. The Labute approximate surface area is 115 Å². The number of rotatable bonds is 5. The maximum atomic E-state index is 8.70. The van der Waals surface area contributed by atoms with Gasteiger partial charge in [-0.15, -0.1) is 10.2 Å². The van der Waals surface area contributed by atoms with E-state index in [9.17, 15) is 0 Å². The summed E-state index contributed by atoms with van der Waals surface area (Å²) in [6.45, 7) is 3.99. The molecule has 0 bridgehead atoms. The third-order valence-corrected chi connectivity index (χ3v) is 3.09. The van der Waals surface area contributed by atoms with Crippen LogP contribution < -0.4 is 4.74 Å². The predicted octanol–water partition coefficient (Wildman–Crippen LogP) is 2.96. The van der Waals surface area contributed by atoms with E-state index in [1.807, 2.05) is 31.2 Å². The molecule has 1 aromatic heterocycles. The maximum Gasteiger partial charge on any atom is 0.277 e. The number of hydrogen-bond donors (Lipinski definition) is 0. The Bertz CT molecular complexity index is 592. The van der Waals surface area contributed by atoms with Gasteiger partial charge in [0, 0.05) is 0 Å². The quantitative estimate of drug-likeness (QED) is 0.781. The number of hydrogen-bond acceptors (Lipinski definition) is 6. The van der Waals surface area contributed by atoms with E-state index in [4.69, 9.17) is 14.4 Å². The van der Waals surface area contributed by atoms with Gasteiger partial charge in [0.1, 0.15) is 5.75 Å². The Hall–Kier alpha value is -2.00. The summed E-state index contributed by atoms with van der Waals surface area (Å²) in [4.78, 5) is 0. The topological polar surface area (TPSA) is 71.9 Å². The van der Waals surface area contributed by atoms with Crippen molar-refractivity contribution in [3.8, 4) is 11.8 Å². The third kappa shape index (κ3) is 4.00. The lowest BCUT2D eigenvalue weighted by molar-refractivity contribution is 0.252. The van der Waals surface area contributed by atoms with Gasteiger partial charge in [-0.25, -0.2) is 0 Å². The van der Waals surface area contributed by atoms with Crippen LogP contribution in [0.4, 0.5) is 0 Å². The number of nitriles is 1. The first-order valence-electron chi connectivity index (χ1n) is 5.75. The molecule has 0 unspecified atom stereocenters. The number of nitrogens with zero attached hydrogens (tertiary/aromatic N) is 3. The molecule has 5 nitrogen and oxygen atoms in total. The minimum absolute atomic E-state index is 0.217. The van der Waals surface area contributed by atoms with Crippen molar-refractivity contribution in [2.45, 2.75) is 30.9 Å². The SMILES string of the molecule is Cc1cccc(OCc2nnc(S[C@H](C)C#N)o2)c1. The number of thioether (sulfide) groups is 1. The van der Waals surface area contributed by atoms with E-state index in [0.717, 1.165) is 11.3 Å². The zero-order valence-electron chi connectivity index (χ0n) is 10.7. The molecular weight excluding hydrogens is 262 g/mol. The average Bonchev–Trinajstić information content (AvgIpc) is 2.84. The van der Waals surface area contributed by atoms with Crippen LogP contribution >= 0.6 is 11.8 Å². The number of benzene rings is 1. The van der Waals surface area contributed by atoms with Crippen molar-refractivity contribution in [1.29, 1.82) is 5.26 Å². The van der Waals surface area contributed by atoms with Gasteiger partial charge >= 0.3 is 0 Å². The number of ether oxygens (including phenoxy) is 1. The van der Waals surface area contributed by atoms with Crippen molar-refractivity contribution in [3.05, 3.63) is 35.7 Å². The van der Waals surface area contributed by atoms with Crippen LogP contribution in [0.25, 0.3) is 0 Å². The molecule has 0 fully saturated rings. The summed E-state index contributed by atoms with van der Waals surface area (Å²) in [6.07, 6.45) is 0. The van der Waals surface area contributed by atoms with Crippen LogP contribution in [-0.4, -0.2) is 15.4 Å². The second-order valence-corrected chi connectivity index (χ2v) is 5.25. The molecule has 0 N–H and O–H groups in total. The van der Waals surface area contributed by atoms with Gasteiger partial charge in [-0.1, -0.05) is 12.1 Å². The van der Waals surface area contributed by atoms with E-state index >= 15 is 0 Å². The van der Waals surface area contributed by atoms with Crippen LogP contribution in [0.3, 0.4) is 0 Å². The zero-order valence-corrected chi connectivity index (χ0v) is 11.5. The molecule has 1 heterocycles. The Morgan fingerprint density at radius 1 is 1.47 bits per heavy atom. The summed E-state index contributed by atoms with van der Waals surface area (Å²) in [6, 6.07) is 9.82. The van der Waals surface area contributed by atoms with Crippen molar-refractivity contribution < 1.29 is 9.15 Å². The van der Waals surface area contributed by atoms with Crippen molar-refractivity contribution in [2.24, 2.45) is 0 Å². The molecule has 0 aliphatic carbocycles. The fourth-order valence-electron chi connectivity index (χ4n) is 1.37. The average molecular weight is 275 g/mol. The highest BCUT2D eigenvalue weighted by atomic mass is 32.2. The van der Waals surface area contributed by atoms with Gasteiger partial charge in [0.05, 0.1) is 11.3 Å². The Kier molecular flexibility index (Phi) is 4.42. The minimum atomic E-state index is -0.217. The summed E-state index contributed by atoms with van der Waals surface area (Å²) in [5.41, 5.74) is 1.13. The van der Waals surface area contributed by atoms with Crippen LogP contribution in [0.2, 0.25) is 0 Å². The molecule has 0 spiro atoms. The molecular formula is C13H13N3O2S. The Morgan fingerprint density at radius 3 is 3.05 bits per heavy atom. The predicted molar refractivity (Wildman–Crippen MR) is 70.7 cm³/mol. The molecule has 0 aliphatic heterocycles. The van der Waals surface area contributed by atoms with Crippen molar-refractivity contribution in [1.82, 2.24) is 10.2 Å². The largest absolute Gasteiger partial charge is 0.484 e. The molecule has 0 radical (unpaired) electrons. The number of aryl methyl sites for hydroxylation is 1. The molecule has 19 heavy (non-hydrogen) atoms. The van der Waals surface area contributed by atoms with Crippen LogP contribution in [-0.2, 0) is 6.61 Å². The van der Waals surface area contributed by atoms with Crippen molar-refractivity contribution in [3.63, 3.8) is 0 Å². The highest BCUT2D eigenvalue weighted by Crippen LogP contribution is 2.21. The van der Waals surface area contributed by atoms with Crippen LogP contribution in [0, 0.1) is 18.3 Å². The minimum Gasteiger partial charge on any atom is -0.484 e. The Balaban J connectivity index is 1.92. The summed E-state index contributed by atoms with van der Waals surface area (Å²) in [7, 11) is 0. The van der Waals surface area contributed by atoms with E-state index in [1.54, 1.807) is 6.92 Å². The third-order valence-electron chi connectivity index (χ3n) is 2.26. The lowest BCUT2D eigenvalue weighted by Gasteiger charge is -2.03. The van der Waals surface area contributed by atoms with E-state index < -0.39 is 0 Å². The highest BCUT2D eigenvalue weighted by Gasteiger charge is 2.11. The van der Waals surface area contributed by atoms with E-state index in [2.05, 4.69) is 16.3 Å². The molecule has 1 atom stereocenters. The zero-order chi connectivity index (χ0) is 13.7. The maximum absolute atomic E-state index is 8.70. The fraction of sp³-hybridized carbons (Fsp3) is 0.308. The van der Waals surface area contributed by atoms with Gasteiger partial charge in [0.25, 0.3) is 11.1 Å². The molecule has 0 aliphatic rings. The van der Waals surface area contributed by atoms with E-state index in [1.165, 1.54) is 11.8 Å². The van der Waals surface area contributed by atoms with Gasteiger partial charge in [0.15, 0.2) is 6.61 Å². The first-order chi connectivity index (χ1) is 9.17. The number of aromatic nitrogens is 2.